The smallest absolute Gasteiger partial charge is 0.170 e. The highest BCUT2D eigenvalue weighted by Crippen LogP contribution is 2.40. The molecule has 31 heavy (non-hydrogen) atoms. The van der Waals surface area contributed by atoms with Crippen LogP contribution in [0.2, 0.25) is 0 Å². The number of aryl methyl sites for hydroxylation is 1. The van der Waals surface area contributed by atoms with E-state index in [4.69, 9.17) is 17.0 Å². The quantitative estimate of drug-likeness (QED) is 0.427. The summed E-state index contributed by atoms with van der Waals surface area (Å²) in [6.45, 7) is 6.70. The van der Waals surface area contributed by atoms with Crippen LogP contribution in [0.15, 0.2) is 55.0 Å². The minimum absolute atomic E-state index is 0.00332. The van der Waals surface area contributed by atoms with E-state index in [9.17, 15) is 0 Å². The van der Waals surface area contributed by atoms with Crippen LogP contribution in [0.4, 0.5) is 0 Å². The van der Waals surface area contributed by atoms with Gasteiger partial charge >= 0.3 is 0 Å². The Balaban J connectivity index is 1.72. The van der Waals surface area contributed by atoms with Gasteiger partial charge in [-0.1, -0.05) is 12.1 Å². The second-order valence-electron chi connectivity index (χ2n) is 7.94. The number of ether oxygens (including phenoxy) is 1. The third-order valence-electron chi connectivity index (χ3n) is 5.94. The number of methoxy groups -OCH3 is 1. The van der Waals surface area contributed by atoms with Crippen molar-refractivity contribution in [3.8, 4) is 0 Å². The molecule has 162 valence electrons. The van der Waals surface area contributed by atoms with Crippen LogP contribution in [0.25, 0.3) is 0 Å². The summed E-state index contributed by atoms with van der Waals surface area (Å²) in [6.07, 6.45) is 6.50. The van der Waals surface area contributed by atoms with E-state index >= 15 is 0 Å². The molecule has 4 rings (SSSR count). The molecule has 4 heterocycles. The van der Waals surface area contributed by atoms with Crippen LogP contribution in [0.3, 0.4) is 0 Å². The zero-order valence-electron chi connectivity index (χ0n) is 18.3. The van der Waals surface area contributed by atoms with E-state index in [-0.39, 0.29) is 12.1 Å². The molecule has 0 aromatic carbocycles. The Morgan fingerprint density at radius 3 is 2.74 bits per heavy atom. The molecule has 0 bridgehead atoms. The predicted molar refractivity (Wildman–Crippen MR) is 126 cm³/mol. The number of hydrogen-bond donors (Lipinski definition) is 1. The molecular formula is C24H29N5OS. The van der Waals surface area contributed by atoms with E-state index in [2.05, 4.69) is 56.8 Å². The maximum atomic E-state index is 5.76. The van der Waals surface area contributed by atoms with Gasteiger partial charge in [0.05, 0.1) is 17.8 Å². The normalized spacial score (nSPS) is 18.4. The van der Waals surface area contributed by atoms with Crippen molar-refractivity contribution in [1.29, 1.82) is 0 Å². The second-order valence-corrected chi connectivity index (χ2v) is 8.33. The molecule has 0 amide bonds. The van der Waals surface area contributed by atoms with E-state index in [0.29, 0.717) is 6.61 Å². The van der Waals surface area contributed by atoms with Crippen LogP contribution in [0.5, 0.6) is 0 Å². The van der Waals surface area contributed by atoms with Gasteiger partial charge in [0, 0.05) is 56.8 Å². The van der Waals surface area contributed by atoms with Crippen LogP contribution in [-0.4, -0.2) is 44.8 Å². The highest BCUT2D eigenvalue weighted by atomic mass is 32.1. The third-order valence-corrected chi connectivity index (χ3v) is 6.29. The van der Waals surface area contributed by atoms with Crippen molar-refractivity contribution in [1.82, 2.24) is 24.8 Å². The lowest BCUT2D eigenvalue weighted by Crippen LogP contribution is -2.31. The van der Waals surface area contributed by atoms with Crippen LogP contribution in [0, 0.1) is 13.8 Å². The number of nitrogens with one attached hydrogen (secondary N) is 1. The Morgan fingerprint density at radius 1 is 1.16 bits per heavy atom. The van der Waals surface area contributed by atoms with Crippen molar-refractivity contribution in [2.75, 3.05) is 20.3 Å². The first-order chi connectivity index (χ1) is 15.1. The summed E-state index contributed by atoms with van der Waals surface area (Å²) in [5.41, 5.74) is 5.94. The second kappa shape index (κ2) is 9.58. The summed E-state index contributed by atoms with van der Waals surface area (Å²) in [7, 11) is 1.74. The average molecular weight is 436 g/mol. The van der Waals surface area contributed by atoms with Crippen molar-refractivity contribution in [3.05, 3.63) is 83.2 Å². The molecule has 1 fully saturated rings. The van der Waals surface area contributed by atoms with Gasteiger partial charge in [-0.15, -0.1) is 0 Å². The highest BCUT2D eigenvalue weighted by molar-refractivity contribution is 7.80. The van der Waals surface area contributed by atoms with Crippen LogP contribution >= 0.6 is 12.2 Å². The molecule has 6 nitrogen and oxygen atoms in total. The zero-order chi connectivity index (χ0) is 21.8. The van der Waals surface area contributed by atoms with Gasteiger partial charge in [0.25, 0.3) is 0 Å². The van der Waals surface area contributed by atoms with Gasteiger partial charge < -0.3 is 19.5 Å². The molecule has 1 aliphatic heterocycles. The predicted octanol–water partition coefficient (Wildman–Crippen LogP) is 3.95. The lowest BCUT2D eigenvalue weighted by Gasteiger charge is -2.28. The highest BCUT2D eigenvalue weighted by Gasteiger charge is 2.41. The summed E-state index contributed by atoms with van der Waals surface area (Å²) in [4.78, 5) is 11.2. The number of hydrogen-bond acceptors (Lipinski definition) is 4. The molecule has 1 aliphatic rings. The largest absolute Gasteiger partial charge is 0.385 e. The van der Waals surface area contributed by atoms with Gasteiger partial charge in [0.1, 0.15) is 0 Å². The number of rotatable bonds is 8. The third kappa shape index (κ3) is 4.48. The lowest BCUT2D eigenvalue weighted by molar-refractivity contribution is 0.180. The van der Waals surface area contributed by atoms with Gasteiger partial charge in [-0.3, -0.25) is 9.97 Å². The average Bonchev–Trinajstić information content (AvgIpc) is 3.26. The standard InChI is InChI=1S/C24H29N5OS/c1-17-14-20(18(2)29(17)16-19-8-6-10-25-15-19)23-22(21-9-4-5-11-26-21)27-24(31)28(23)12-7-13-30-3/h4-6,8-11,14-15,22-23H,7,12-13,16H2,1-3H3,(H,27,31). The first-order valence-corrected chi connectivity index (χ1v) is 11.0. The van der Waals surface area contributed by atoms with Gasteiger partial charge in [-0.05, 0) is 67.9 Å². The van der Waals surface area contributed by atoms with Gasteiger partial charge in [0.2, 0.25) is 0 Å². The molecule has 0 aliphatic carbocycles. The SMILES string of the molecule is COCCCN1C(=S)NC(c2ccccn2)C1c1cc(C)n(Cc2cccnc2)c1C. The summed E-state index contributed by atoms with van der Waals surface area (Å²) in [5.74, 6) is 0. The molecule has 1 N–H and O–H groups in total. The number of aromatic nitrogens is 3. The van der Waals surface area contributed by atoms with Crippen molar-refractivity contribution in [2.45, 2.75) is 38.9 Å². The first kappa shape index (κ1) is 21.5. The van der Waals surface area contributed by atoms with Gasteiger partial charge in [-0.2, -0.15) is 0 Å². The topological polar surface area (TPSA) is 55.2 Å². The fourth-order valence-electron chi connectivity index (χ4n) is 4.41. The monoisotopic (exact) mass is 435 g/mol. The zero-order valence-corrected chi connectivity index (χ0v) is 19.1. The van der Waals surface area contributed by atoms with Crippen molar-refractivity contribution in [2.24, 2.45) is 0 Å². The minimum Gasteiger partial charge on any atom is -0.385 e. The molecule has 7 heteroatoms. The molecule has 2 unspecified atom stereocenters. The fraction of sp³-hybridized carbons (Fsp3) is 0.375. The van der Waals surface area contributed by atoms with E-state index in [0.717, 1.165) is 30.3 Å². The summed E-state index contributed by atoms with van der Waals surface area (Å²) < 4.78 is 7.65. The van der Waals surface area contributed by atoms with Crippen molar-refractivity contribution in [3.63, 3.8) is 0 Å². The van der Waals surface area contributed by atoms with Gasteiger partial charge in [0.15, 0.2) is 5.11 Å². The number of pyridine rings is 2. The van der Waals surface area contributed by atoms with Crippen LogP contribution < -0.4 is 5.32 Å². The number of nitrogens with zero attached hydrogens (tertiary/aromatic N) is 4. The molecule has 2 atom stereocenters. The Labute approximate surface area is 189 Å². The minimum atomic E-state index is 0.00332. The lowest BCUT2D eigenvalue weighted by atomic mass is 9.96. The van der Waals surface area contributed by atoms with E-state index in [1.165, 1.54) is 22.5 Å². The molecule has 3 aromatic heterocycles. The molecular weight excluding hydrogens is 406 g/mol. The van der Waals surface area contributed by atoms with E-state index in [1.807, 2.05) is 36.8 Å². The molecule has 0 saturated carbocycles. The van der Waals surface area contributed by atoms with Crippen LogP contribution in [0.1, 0.15) is 46.7 Å². The maximum Gasteiger partial charge on any atom is 0.170 e. The fourth-order valence-corrected chi connectivity index (χ4v) is 4.74. The molecule has 1 saturated heterocycles. The Hall–Kier alpha value is -2.77. The van der Waals surface area contributed by atoms with E-state index < -0.39 is 0 Å². The first-order valence-electron chi connectivity index (χ1n) is 10.6. The molecule has 0 spiro atoms. The van der Waals surface area contributed by atoms with Crippen molar-refractivity contribution < 1.29 is 4.74 Å². The summed E-state index contributed by atoms with van der Waals surface area (Å²) in [5, 5.41) is 4.31. The molecule has 3 aromatic rings. The Bertz CT molecular complexity index is 1020. The maximum absolute atomic E-state index is 5.76. The Kier molecular flexibility index (Phi) is 6.63. The van der Waals surface area contributed by atoms with Crippen LogP contribution in [-0.2, 0) is 11.3 Å². The van der Waals surface area contributed by atoms with Gasteiger partial charge in [-0.25, -0.2) is 0 Å². The summed E-state index contributed by atoms with van der Waals surface area (Å²) in [6, 6.07) is 12.5. The molecule has 0 radical (unpaired) electrons. The van der Waals surface area contributed by atoms with E-state index in [1.54, 1.807) is 7.11 Å². The Morgan fingerprint density at radius 2 is 2.03 bits per heavy atom. The number of thiocarbonyl (C=S) groups is 1. The van der Waals surface area contributed by atoms with Crippen molar-refractivity contribution >= 4 is 17.3 Å². The summed E-state index contributed by atoms with van der Waals surface area (Å²) >= 11 is 5.76.